The number of Topliss-reactive ketones (excluding diaryl/α,β-unsaturated/α-hetero) is 1. The number of anilines is 1. The molecule has 0 atom stereocenters. The van der Waals surface area contributed by atoms with Gasteiger partial charge in [-0.2, -0.15) is 8.42 Å². The minimum Gasteiger partial charge on any atom is -0.497 e. The third-order valence-electron chi connectivity index (χ3n) is 5.20. The number of amidine groups is 1. The van der Waals surface area contributed by atoms with Crippen LogP contribution in [0.15, 0.2) is 57.8 Å². The third-order valence-corrected chi connectivity index (χ3v) is 6.50. The van der Waals surface area contributed by atoms with Crippen molar-refractivity contribution in [3.63, 3.8) is 0 Å². The molecule has 3 rings (SSSR count). The molecule has 2 aromatic rings. The molecule has 0 unspecified atom stereocenters. The van der Waals surface area contributed by atoms with E-state index >= 15 is 0 Å². The first-order valence-electron chi connectivity index (χ1n) is 10.4. The van der Waals surface area contributed by atoms with E-state index in [1.165, 1.54) is 12.1 Å². The van der Waals surface area contributed by atoms with Crippen LogP contribution >= 0.6 is 0 Å². The molecule has 1 fully saturated rings. The number of hydrogen-bond donors (Lipinski definition) is 1. The van der Waals surface area contributed by atoms with Gasteiger partial charge in [0.15, 0.2) is 5.78 Å². The van der Waals surface area contributed by atoms with Crippen molar-refractivity contribution in [3.8, 4) is 5.75 Å². The molecule has 1 aliphatic rings. The highest BCUT2D eigenvalue weighted by molar-refractivity contribution is 7.90. The van der Waals surface area contributed by atoms with Gasteiger partial charge in [-0.05, 0) is 55.3 Å². The number of nitrogens with zero attached hydrogens (tertiary/aromatic N) is 2. The standard InChI is InChI=1S/C23H27N3O5S/c1-26-15-5-9-22(26)25-32(29,30)20-7-3-6-18(16-20)24-23(28)10-4-8-21(27)17-11-13-19(31-2)14-12-17/h3,6-7,11-14,16H,4-5,8-10,15H2,1-2H3,(H,24,28). The summed E-state index contributed by atoms with van der Waals surface area (Å²) in [7, 11) is -0.483. The monoisotopic (exact) mass is 457 g/mol. The Hall–Kier alpha value is -3.20. The number of likely N-dealkylation sites (tertiary alicyclic amines) is 1. The van der Waals surface area contributed by atoms with Gasteiger partial charge in [0.1, 0.15) is 11.6 Å². The summed E-state index contributed by atoms with van der Waals surface area (Å²) in [6.45, 7) is 0.783. The normalized spacial score (nSPS) is 15.1. The van der Waals surface area contributed by atoms with Crippen molar-refractivity contribution in [3.05, 3.63) is 54.1 Å². The van der Waals surface area contributed by atoms with Gasteiger partial charge in [0.05, 0.1) is 12.0 Å². The predicted octanol–water partition coefficient (Wildman–Crippen LogP) is 3.50. The highest BCUT2D eigenvalue weighted by atomic mass is 32.2. The van der Waals surface area contributed by atoms with Crippen LogP contribution in [0.3, 0.4) is 0 Å². The van der Waals surface area contributed by atoms with Crippen LogP contribution in [0.25, 0.3) is 0 Å². The number of sulfonamides is 1. The topological polar surface area (TPSA) is 105 Å². The second-order valence-corrected chi connectivity index (χ2v) is 9.19. The van der Waals surface area contributed by atoms with Crippen molar-refractivity contribution in [1.82, 2.24) is 4.90 Å². The summed E-state index contributed by atoms with van der Waals surface area (Å²) < 4.78 is 34.3. The largest absolute Gasteiger partial charge is 0.497 e. The number of carbonyl (C=O) groups is 2. The highest BCUT2D eigenvalue weighted by Gasteiger charge is 2.20. The molecule has 2 aromatic carbocycles. The van der Waals surface area contributed by atoms with E-state index in [-0.39, 0.29) is 29.4 Å². The van der Waals surface area contributed by atoms with Gasteiger partial charge in [-0.25, -0.2) is 0 Å². The quantitative estimate of drug-likeness (QED) is 0.578. The Bertz CT molecular complexity index is 1110. The third kappa shape index (κ3) is 6.16. The molecule has 0 bridgehead atoms. The number of rotatable bonds is 9. The smallest absolute Gasteiger partial charge is 0.284 e. The summed E-state index contributed by atoms with van der Waals surface area (Å²) in [4.78, 5) is 26.4. The van der Waals surface area contributed by atoms with Crippen LogP contribution in [-0.4, -0.2) is 51.5 Å². The molecule has 1 amide bonds. The van der Waals surface area contributed by atoms with Gasteiger partial charge in [-0.3, -0.25) is 9.59 Å². The number of amides is 1. The maximum atomic E-state index is 12.6. The Kier molecular flexibility index (Phi) is 7.63. The average molecular weight is 458 g/mol. The molecule has 170 valence electrons. The zero-order chi connectivity index (χ0) is 23.1. The first-order chi connectivity index (χ1) is 15.3. The lowest BCUT2D eigenvalue weighted by molar-refractivity contribution is -0.116. The van der Waals surface area contributed by atoms with Crippen molar-refractivity contribution < 1.29 is 22.7 Å². The Balaban J connectivity index is 1.54. The van der Waals surface area contributed by atoms with Crippen molar-refractivity contribution >= 4 is 33.2 Å². The van der Waals surface area contributed by atoms with E-state index in [1.807, 2.05) is 11.9 Å². The number of benzene rings is 2. The lowest BCUT2D eigenvalue weighted by Crippen LogP contribution is -2.20. The van der Waals surface area contributed by atoms with Crippen LogP contribution in [0.4, 0.5) is 5.69 Å². The summed E-state index contributed by atoms with van der Waals surface area (Å²) in [5, 5.41) is 2.70. The average Bonchev–Trinajstić information content (AvgIpc) is 3.17. The van der Waals surface area contributed by atoms with E-state index in [4.69, 9.17) is 4.74 Å². The second kappa shape index (κ2) is 10.4. The van der Waals surface area contributed by atoms with E-state index in [1.54, 1.807) is 43.5 Å². The molecule has 1 saturated heterocycles. The molecule has 9 heteroatoms. The summed E-state index contributed by atoms with van der Waals surface area (Å²) in [6, 6.07) is 12.9. The summed E-state index contributed by atoms with van der Waals surface area (Å²) in [5.41, 5.74) is 0.941. The number of ketones is 1. The van der Waals surface area contributed by atoms with Gasteiger partial charge in [0.2, 0.25) is 5.91 Å². The number of ether oxygens (including phenoxy) is 1. The number of hydrogen-bond acceptors (Lipinski definition) is 5. The first kappa shape index (κ1) is 23.5. The van der Waals surface area contributed by atoms with E-state index in [0.717, 1.165) is 13.0 Å². The second-order valence-electron chi connectivity index (χ2n) is 7.59. The molecule has 1 aliphatic heterocycles. The number of carbonyl (C=O) groups excluding carboxylic acids is 2. The van der Waals surface area contributed by atoms with Gasteiger partial charge in [0.25, 0.3) is 10.0 Å². The fraction of sp³-hybridized carbons (Fsp3) is 0.348. The van der Waals surface area contributed by atoms with Crippen molar-refractivity contribution in [1.29, 1.82) is 0 Å². The lowest BCUT2D eigenvalue weighted by atomic mass is 10.1. The zero-order valence-electron chi connectivity index (χ0n) is 18.2. The Morgan fingerprint density at radius 1 is 1.12 bits per heavy atom. The van der Waals surface area contributed by atoms with Gasteiger partial charge >= 0.3 is 0 Å². The van der Waals surface area contributed by atoms with Crippen LogP contribution in [0.2, 0.25) is 0 Å². The van der Waals surface area contributed by atoms with Crippen molar-refractivity contribution in [2.75, 3.05) is 26.0 Å². The van der Waals surface area contributed by atoms with Crippen LogP contribution in [0, 0.1) is 0 Å². The minimum atomic E-state index is -3.86. The molecule has 0 saturated carbocycles. The van der Waals surface area contributed by atoms with Crippen molar-refractivity contribution in [2.24, 2.45) is 4.40 Å². The summed E-state index contributed by atoms with van der Waals surface area (Å²) in [6.07, 6.45) is 2.27. The van der Waals surface area contributed by atoms with E-state index in [2.05, 4.69) is 9.71 Å². The summed E-state index contributed by atoms with van der Waals surface area (Å²) in [5.74, 6) is 0.876. The maximum Gasteiger partial charge on any atom is 0.284 e. The molecule has 0 spiro atoms. The number of methoxy groups -OCH3 is 1. The van der Waals surface area contributed by atoms with E-state index in [0.29, 0.717) is 35.7 Å². The Labute approximate surface area is 188 Å². The minimum absolute atomic E-state index is 0.0257. The Morgan fingerprint density at radius 3 is 2.53 bits per heavy atom. The highest BCUT2D eigenvalue weighted by Crippen LogP contribution is 2.20. The molecule has 0 aliphatic carbocycles. The summed E-state index contributed by atoms with van der Waals surface area (Å²) >= 11 is 0. The molecule has 0 radical (unpaired) electrons. The van der Waals surface area contributed by atoms with Gasteiger partial charge < -0.3 is 15.0 Å². The van der Waals surface area contributed by atoms with Gasteiger partial charge in [-0.1, -0.05) is 6.07 Å². The Morgan fingerprint density at radius 2 is 1.88 bits per heavy atom. The molecule has 8 nitrogen and oxygen atoms in total. The molecule has 1 N–H and O–H groups in total. The molecular formula is C23H27N3O5S. The van der Waals surface area contributed by atoms with Crippen LogP contribution in [-0.2, 0) is 14.8 Å². The SMILES string of the molecule is COc1ccc(C(=O)CCCC(=O)Nc2cccc(S(=O)(=O)N=C3CCCN3C)c2)cc1. The predicted molar refractivity (Wildman–Crippen MR) is 123 cm³/mol. The van der Waals surface area contributed by atoms with Crippen LogP contribution in [0.1, 0.15) is 42.5 Å². The first-order valence-corrected chi connectivity index (χ1v) is 11.8. The van der Waals surface area contributed by atoms with Crippen molar-refractivity contribution in [2.45, 2.75) is 37.0 Å². The zero-order valence-corrected chi connectivity index (χ0v) is 19.0. The fourth-order valence-corrected chi connectivity index (χ4v) is 4.53. The molecule has 32 heavy (non-hydrogen) atoms. The van der Waals surface area contributed by atoms with Crippen LogP contribution in [0.5, 0.6) is 5.75 Å². The van der Waals surface area contributed by atoms with E-state index < -0.39 is 10.0 Å². The molecule has 0 aromatic heterocycles. The molecular weight excluding hydrogens is 430 g/mol. The fourth-order valence-electron chi connectivity index (χ4n) is 3.39. The van der Waals surface area contributed by atoms with Gasteiger partial charge in [-0.15, -0.1) is 4.40 Å². The number of nitrogens with one attached hydrogen (secondary N) is 1. The van der Waals surface area contributed by atoms with Gasteiger partial charge in [0, 0.05) is 44.1 Å². The maximum absolute atomic E-state index is 12.6. The van der Waals surface area contributed by atoms with E-state index in [9.17, 15) is 18.0 Å². The lowest BCUT2D eigenvalue weighted by Gasteiger charge is -2.11. The van der Waals surface area contributed by atoms with Crippen LogP contribution < -0.4 is 10.1 Å². The molecule has 1 heterocycles.